The zero-order valence-corrected chi connectivity index (χ0v) is 12.2. The van der Waals surface area contributed by atoms with E-state index in [0.29, 0.717) is 18.0 Å². The molecule has 2 heterocycles. The van der Waals surface area contributed by atoms with Crippen LogP contribution in [0.25, 0.3) is 0 Å². The molecule has 7 nitrogen and oxygen atoms in total. The van der Waals surface area contributed by atoms with E-state index in [0.717, 1.165) is 12.8 Å². The standard InChI is InChI=1S/C14H19N3O4/c1-3-5-8-21-14(19)16-9-11(13(18)20-4-2)10-17-12(16)6-7-15-17/h6-7,9H,3-5,8,10H2,1-2H3. The van der Waals surface area contributed by atoms with E-state index in [1.807, 2.05) is 6.92 Å². The molecule has 0 radical (unpaired) electrons. The number of esters is 1. The Balaban J connectivity index is 2.17. The third-order valence-corrected chi connectivity index (χ3v) is 3.00. The Bertz CT molecular complexity index is 550. The van der Waals surface area contributed by atoms with Crippen molar-refractivity contribution < 1.29 is 19.1 Å². The van der Waals surface area contributed by atoms with E-state index in [4.69, 9.17) is 9.47 Å². The molecule has 0 fully saturated rings. The lowest BCUT2D eigenvalue weighted by Crippen LogP contribution is -2.34. The molecule has 2 rings (SSSR count). The SMILES string of the molecule is CCCCOC(=O)N1C=C(C(=O)OCC)Cn2nccc21. The Morgan fingerprint density at radius 3 is 2.86 bits per heavy atom. The molecule has 0 spiro atoms. The first-order valence-electron chi connectivity index (χ1n) is 7.03. The second-order valence-corrected chi connectivity index (χ2v) is 4.56. The van der Waals surface area contributed by atoms with Crippen molar-refractivity contribution in [2.75, 3.05) is 18.1 Å². The topological polar surface area (TPSA) is 73.7 Å². The summed E-state index contributed by atoms with van der Waals surface area (Å²) in [5.74, 6) is 0.120. The predicted octanol–water partition coefficient (Wildman–Crippen LogP) is 2.09. The van der Waals surface area contributed by atoms with Gasteiger partial charge in [0, 0.05) is 12.3 Å². The Morgan fingerprint density at radius 2 is 2.14 bits per heavy atom. The van der Waals surface area contributed by atoms with Crippen molar-refractivity contribution in [1.29, 1.82) is 0 Å². The molecule has 0 aromatic carbocycles. The van der Waals surface area contributed by atoms with Crippen LogP contribution in [0.1, 0.15) is 26.7 Å². The highest BCUT2D eigenvalue weighted by atomic mass is 16.6. The molecule has 1 aliphatic rings. The molecule has 1 aromatic heterocycles. The molecule has 21 heavy (non-hydrogen) atoms. The summed E-state index contributed by atoms with van der Waals surface area (Å²) in [6, 6.07) is 1.69. The summed E-state index contributed by atoms with van der Waals surface area (Å²) < 4.78 is 11.7. The maximum Gasteiger partial charge on any atom is 0.419 e. The number of unbranched alkanes of at least 4 members (excludes halogenated alkanes) is 1. The molecule has 1 aromatic rings. The minimum Gasteiger partial charge on any atom is -0.463 e. The molecular weight excluding hydrogens is 274 g/mol. The van der Waals surface area contributed by atoms with Crippen molar-refractivity contribution in [2.24, 2.45) is 0 Å². The number of anilines is 1. The first-order valence-corrected chi connectivity index (χ1v) is 7.03. The zero-order valence-electron chi connectivity index (χ0n) is 12.2. The van der Waals surface area contributed by atoms with Crippen LogP contribution in [-0.4, -0.2) is 35.1 Å². The van der Waals surface area contributed by atoms with Crippen LogP contribution >= 0.6 is 0 Å². The molecule has 114 valence electrons. The van der Waals surface area contributed by atoms with Gasteiger partial charge in [0.15, 0.2) is 0 Å². The van der Waals surface area contributed by atoms with Crippen molar-refractivity contribution in [3.63, 3.8) is 0 Å². The lowest BCUT2D eigenvalue weighted by molar-refractivity contribution is -0.138. The third kappa shape index (κ3) is 3.42. The molecular formula is C14H19N3O4. The van der Waals surface area contributed by atoms with Crippen molar-refractivity contribution >= 4 is 17.9 Å². The Morgan fingerprint density at radius 1 is 1.33 bits per heavy atom. The van der Waals surface area contributed by atoms with Gasteiger partial charge in [0.05, 0.1) is 31.5 Å². The van der Waals surface area contributed by atoms with E-state index in [1.54, 1.807) is 23.9 Å². The summed E-state index contributed by atoms with van der Waals surface area (Å²) in [5, 5.41) is 4.10. The lowest BCUT2D eigenvalue weighted by atomic mass is 10.2. The molecule has 0 aliphatic carbocycles. The van der Waals surface area contributed by atoms with Gasteiger partial charge in [-0.15, -0.1) is 0 Å². The number of hydrogen-bond acceptors (Lipinski definition) is 5. The monoisotopic (exact) mass is 293 g/mol. The van der Waals surface area contributed by atoms with Crippen molar-refractivity contribution in [1.82, 2.24) is 9.78 Å². The van der Waals surface area contributed by atoms with E-state index >= 15 is 0 Å². The number of carbonyl (C=O) groups is 2. The number of fused-ring (bicyclic) bond motifs is 1. The maximum atomic E-state index is 12.1. The van der Waals surface area contributed by atoms with Crippen molar-refractivity contribution in [3.05, 3.63) is 24.0 Å². The number of aromatic nitrogens is 2. The number of ether oxygens (including phenoxy) is 2. The van der Waals surface area contributed by atoms with E-state index in [1.165, 1.54) is 11.1 Å². The summed E-state index contributed by atoms with van der Waals surface area (Å²) in [4.78, 5) is 25.3. The van der Waals surface area contributed by atoms with Crippen LogP contribution in [0.3, 0.4) is 0 Å². The van der Waals surface area contributed by atoms with Crippen LogP contribution in [0.4, 0.5) is 10.6 Å². The van der Waals surface area contributed by atoms with E-state index in [-0.39, 0.29) is 13.2 Å². The maximum absolute atomic E-state index is 12.1. The van der Waals surface area contributed by atoms with E-state index in [9.17, 15) is 9.59 Å². The van der Waals surface area contributed by atoms with Gasteiger partial charge in [0.2, 0.25) is 0 Å². The second kappa shape index (κ2) is 6.92. The molecule has 0 bridgehead atoms. The number of carbonyl (C=O) groups excluding carboxylic acids is 2. The Kier molecular flexibility index (Phi) is 4.97. The summed E-state index contributed by atoms with van der Waals surface area (Å²) in [6.07, 6.45) is 4.25. The van der Waals surface area contributed by atoms with Gasteiger partial charge in [0.1, 0.15) is 5.82 Å². The van der Waals surface area contributed by atoms with Gasteiger partial charge < -0.3 is 9.47 Å². The van der Waals surface area contributed by atoms with Crippen LogP contribution < -0.4 is 4.90 Å². The summed E-state index contributed by atoms with van der Waals surface area (Å²) >= 11 is 0. The lowest BCUT2D eigenvalue weighted by Gasteiger charge is -2.24. The predicted molar refractivity (Wildman–Crippen MR) is 75.7 cm³/mol. The summed E-state index contributed by atoms with van der Waals surface area (Å²) in [6.45, 7) is 4.66. The van der Waals surface area contributed by atoms with Crippen molar-refractivity contribution in [2.45, 2.75) is 33.2 Å². The highest BCUT2D eigenvalue weighted by Gasteiger charge is 2.27. The first kappa shape index (κ1) is 15.1. The third-order valence-electron chi connectivity index (χ3n) is 3.00. The molecule has 0 saturated heterocycles. The molecule has 1 aliphatic heterocycles. The smallest absolute Gasteiger partial charge is 0.419 e. The molecule has 7 heteroatoms. The van der Waals surface area contributed by atoms with Gasteiger partial charge >= 0.3 is 12.1 Å². The molecule has 0 N–H and O–H groups in total. The van der Waals surface area contributed by atoms with Gasteiger partial charge in [-0.05, 0) is 13.3 Å². The fourth-order valence-corrected chi connectivity index (χ4v) is 1.94. The Labute approximate surface area is 123 Å². The highest BCUT2D eigenvalue weighted by molar-refractivity contribution is 5.95. The minimum absolute atomic E-state index is 0.278. The number of amides is 1. The fraction of sp³-hybridized carbons (Fsp3) is 0.500. The molecule has 1 amide bonds. The summed E-state index contributed by atoms with van der Waals surface area (Å²) in [7, 11) is 0. The van der Waals surface area contributed by atoms with Crippen LogP contribution in [0.2, 0.25) is 0 Å². The fourth-order valence-electron chi connectivity index (χ4n) is 1.94. The number of hydrogen-bond donors (Lipinski definition) is 0. The molecule has 0 unspecified atom stereocenters. The average molecular weight is 293 g/mol. The van der Waals surface area contributed by atoms with Gasteiger partial charge in [-0.2, -0.15) is 5.10 Å². The van der Waals surface area contributed by atoms with Crippen LogP contribution in [0.15, 0.2) is 24.0 Å². The highest BCUT2D eigenvalue weighted by Crippen LogP contribution is 2.23. The Hall–Kier alpha value is -2.31. The zero-order chi connectivity index (χ0) is 15.2. The quantitative estimate of drug-likeness (QED) is 0.614. The van der Waals surface area contributed by atoms with Crippen LogP contribution in [0, 0.1) is 0 Å². The summed E-state index contributed by atoms with van der Waals surface area (Å²) in [5.41, 5.74) is 0.362. The van der Waals surface area contributed by atoms with Gasteiger partial charge in [-0.3, -0.25) is 0 Å². The number of rotatable bonds is 5. The molecule has 0 saturated carbocycles. The van der Waals surface area contributed by atoms with Gasteiger partial charge in [-0.25, -0.2) is 19.2 Å². The second-order valence-electron chi connectivity index (χ2n) is 4.56. The van der Waals surface area contributed by atoms with E-state index in [2.05, 4.69) is 5.10 Å². The van der Waals surface area contributed by atoms with Crippen LogP contribution in [-0.2, 0) is 20.8 Å². The van der Waals surface area contributed by atoms with E-state index < -0.39 is 12.1 Å². The average Bonchev–Trinajstić information content (AvgIpc) is 2.94. The number of nitrogens with zero attached hydrogens (tertiary/aromatic N) is 3. The minimum atomic E-state index is -0.522. The molecule has 0 atom stereocenters. The first-order chi connectivity index (χ1) is 10.2. The van der Waals surface area contributed by atoms with Gasteiger partial charge in [-0.1, -0.05) is 13.3 Å². The normalized spacial score (nSPS) is 13.4. The van der Waals surface area contributed by atoms with Crippen LogP contribution in [0.5, 0.6) is 0 Å². The van der Waals surface area contributed by atoms with Crippen molar-refractivity contribution in [3.8, 4) is 0 Å². The van der Waals surface area contributed by atoms with Gasteiger partial charge in [0.25, 0.3) is 0 Å². The largest absolute Gasteiger partial charge is 0.463 e.